The van der Waals surface area contributed by atoms with E-state index in [0.29, 0.717) is 24.6 Å². The Bertz CT molecular complexity index is 635. The maximum atomic E-state index is 12.2. The topological polar surface area (TPSA) is 79.4 Å². The van der Waals surface area contributed by atoms with Gasteiger partial charge in [-0.15, -0.1) is 11.3 Å². The molecule has 8 heteroatoms. The molecule has 1 aliphatic rings. The van der Waals surface area contributed by atoms with E-state index in [1.165, 1.54) is 15.6 Å². The minimum absolute atomic E-state index is 0.0762. The first-order valence-corrected chi connectivity index (χ1v) is 9.32. The van der Waals surface area contributed by atoms with E-state index in [1.54, 1.807) is 13.8 Å². The highest BCUT2D eigenvalue weighted by atomic mass is 32.2. The van der Waals surface area contributed by atoms with Gasteiger partial charge in [0.2, 0.25) is 15.9 Å². The van der Waals surface area contributed by atoms with Gasteiger partial charge in [0.1, 0.15) is 0 Å². The molecule has 0 radical (unpaired) electrons. The maximum Gasteiger partial charge on any atom is 0.228 e. The Morgan fingerprint density at radius 1 is 1.33 bits per heavy atom. The number of carbonyl (C=O) groups excluding carboxylic acids is 1. The van der Waals surface area contributed by atoms with E-state index < -0.39 is 15.3 Å². The second-order valence-electron chi connectivity index (χ2n) is 5.71. The summed E-state index contributed by atoms with van der Waals surface area (Å²) < 4.78 is 25.9. The number of anilines is 1. The molecule has 1 aromatic rings. The van der Waals surface area contributed by atoms with Gasteiger partial charge in [-0.3, -0.25) is 4.79 Å². The fourth-order valence-electron chi connectivity index (χ4n) is 1.99. The van der Waals surface area contributed by atoms with Crippen molar-refractivity contribution in [2.45, 2.75) is 45.9 Å². The number of carbonyl (C=O) groups is 1. The fourth-order valence-corrected chi connectivity index (χ4v) is 4.35. The first-order chi connectivity index (χ1) is 9.71. The monoisotopic (exact) mass is 331 g/mol. The normalized spacial score (nSPS) is 16.3. The molecule has 118 valence electrons. The fraction of sp³-hybridized carbons (Fsp3) is 0.692. The lowest BCUT2D eigenvalue weighted by molar-refractivity contribution is -0.118. The molecule has 0 aromatic carbocycles. The number of thiazole rings is 1. The van der Waals surface area contributed by atoms with Gasteiger partial charge in [0.25, 0.3) is 0 Å². The molecule has 0 unspecified atom stereocenters. The second kappa shape index (κ2) is 6.02. The van der Waals surface area contributed by atoms with Crippen molar-refractivity contribution in [1.82, 2.24) is 9.29 Å². The molecule has 0 spiro atoms. The standard InChI is InChI=1S/C13H21N3O3S2/c1-8(2)12(17)15-13-14-10-5-6-16(7-11(10)20-13)21(18,19)9(3)4/h8-9H,5-7H2,1-4H3,(H,14,15,17). The highest BCUT2D eigenvalue weighted by Gasteiger charge is 2.31. The van der Waals surface area contributed by atoms with E-state index in [4.69, 9.17) is 0 Å². The van der Waals surface area contributed by atoms with E-state index in [1.807, 2.05) is 13.8 Å². The molecule has 2 rings (SSSR count). The molecule has 0 saturated carbocycles. The number of amides is 1. The molecule has 1 N–H and O–H groups in total. The Hall–Kier alpha value is -0.990. The molecule has 6 nitrogen and oxygen atoms in total. The minimum atomic E-state index is -3.25. The number of nitrogens with one attached hydrogen (secondary N) is 1. The number of aromatic nitrogens is 1. The SMILES string of the molecule is CC(C)C(=O)Nc1nc2c(s1)CN(S(=O)(=O)C(C)C)CC2. The second-order valence-corrected chi connectivity index (χ2v) is 9.28. The van der Waals surface area contributed by atoms with Crippen molar-refractivity contribution in [2.24, 2.45) is 5.92 Å². The van der Waals surface area contributed by atoms with Crippen LogP contribution in [-0.2, 0) is 27.8 Å². The first-order valence-electron chi connectivity index (χ1n) is 7.00. The molecule has 21 heavy (non-hydrogen) atoms. The van der Waals surface area contributed by atoms with Crippen LogP contribution in [0.25, 0.3) is 0 Å². The summed E-state index contributed by atoms with van der Waals surface area (Å²) in [6.07, 6.45) is 0.593. The Kier molecular flexibility index (Phi) is 4.69. The first kappa shape index (κ1) is 16.4. The highest BCUT2D eigenvalue weighted by molar-refractivity contribution is 7.89. The highest BCUT2D eigenvalue weighted by Crippen LogP contribution is 2.30. The number of nitrogens with zero attached hydrogens (tertiary/aromatic N) is 2. The van der Waals surface area contributed by atoms with Crippen LogP contribution in [-0.4, -0.2) is 35.4 Å². The van der Waals surface area contributed by atoms with E-state index >= 15 is 0 Å². The molecule has 1 aliphatic heterocycles. The number of rotatable bonds is 4. The summed E-state index contributed by atoms with van der Waals surface area (Å²) in [7, 11) is -3.25. The molecule has 0 saturated heterocycles. The van der Waals surface area contributed by atoms with Crippen LogP contribution >= 0.6 is 11.3 Å². The molecule has 0 aliphatic carbocycles. The summed E-state index contributed by atoms with van der Waals surface area (Å²) in [5.41, 5.74) is 0.897. The quantitative estimate of drug-likeness (QED) is 0.913. The van der Waals surface area contributed by atoms with E-state index in [9.17, 15) is 13.2 Å². The van der Waals surface area contributed by atoms with Crippen molar-refractivity contribution in [2.75, 3.05) is 11.9 Å². The minimum Gasteiger partial charge on any atom is -0.302 e. The van der Waals surface area contributed by atoms with E-state index in [2.05, 4.69) is 10.3 Å². The Labute approximate surface area is 129 Å². The molecule has 0 bridgehead atoms. The van der Waals surface area contributed by atoms with Crippen molar-refractivity contribution >= 4 is 32.4 Å². The summed E-state index contributed by atoms with van der Waals surface area (Å²) in [6.45, 7) is 7.82. The lowest BCUT2D eigenvalue weighted by Gasteiger charge is -2.26. The summed E-state index contributed by atoms with van der Waals surface area (Å²) in [5.74, 6) is -0.184. The van der Waals surface area contributed by atoms with Crippen LogP contribution < -0.4 is 5.32 Å². The Balaban J connectivity index is 2.16. The third-order valence-electron chi connectivity index (χ3n) is 3.41. The molecule has 2 heterocycles. The van der Waals surface area contributed by atoms with Gasteiger partial charge in [0.15, 0.2) is 5.13 Å². The van der Waals surface area contributed by atoms with Crippen LogP contribution in [0.3, 0.4) is 0 Å². The van der Waals surface area contributed by atoms with E-state index in [0.717, 1.165) is 10.6 Å². The van der Waals surface area contributed by atoms with Crippen molar-refractivity contribution < 1.29 is 13.2 Å². The average Bonchev–Trinajstić information content (AvgIpc) is 2.79. The predicted molar refractivity (Wildman–Crippen MR) is 83.8 cm³/mol. The van der Waals surface area contributed by atoms with Crippen LogP contribution in [0.5, 0.6) is 0 Å². The number of fused-ring (bicyclic) bond motifs is 1. The number of sulfonamides is 1. The average molecular weight is 331 g/mol. The van der Waals surface area contributed by atoms with Gasteiger partial charge in [-0.2, -0.15) is 4.31 Å². The molecule has 0 atom stereocenters. The van der Waals surface area contributed by atoms with Gasteiger partial charge in [0, 0.05) is 30.3 Å². The number of hydrogen-bond acceptors (Lipinski definition) is 5. The largest absolute Gasteiger partial charge is 0.302 e. The van der Waals surface area contributed by atoms with Crippen molar-refractivity contribution in [3.63, 3.8) is 0 Å². The van der Waals surface area contributed by atoms with Crippen LogP contribution in [0.2, 0.25) is 0 Å². The van der Waals surface area contributed by atoms with Crippen LogP contribution in [0.4, 0.5) is 5.13 Å². The predicted octanol–water partition coefficient (Wildman–Crippen LogP) is 1.83. The summed E-state index contributed by atoms with van der Waals surface area (Å²) >= 11 is 1.36. The zero-order valence-corrected chi connectivity index (χ0v) is 14.3. The molecular formula is C13H21N3O3S2. The van der Waals surface area contributed by atoms with E-state index in [-0.39, 0.29) is 11.8 Å². The molecule has 1 aromatic heterocycles. The Morgan fingerprint density at radius 3 is 2.57 bits per heavy atom. The van der Waals surface area contributed by atoms with Gasteiger partial charge in [0.05, 0.1) is 10.9 Å². The molecule has 0 fully saturated rings. The summed E-state index contributed by atoms with van der Waals surface area (Å²) in [4.78, 5) is 17.0. The van der Waals surface area contributed by atoms with Gasteiger partial charge in [-0.05, 0) is 13.8 Å². The van der Waals surface area contributed by atoms with Gasteiger partial charge in [-0.25, -0.2) is 13.4 Å². The van der Waals surface area contributed by atoms with Gasteiger partial charge in [-0.1, -0.05) is 13.8 Å². The lowest BCUT2D eigenvalue weighted by atomic mass is 10.2. The summed E-state index contributed by atoms with van der Waals surface area (Å²) in [6, 6.07) is 0. The van der Waals surface area contributed by atoms with Crippen LogP contribution in [0.1, 0.15) is 38.3 Å². The smallest absolute Gasteiger partial charge is 0.228 e. The van der Waals surface area contributed by atoms with Gasteiger partial charge < -0.3 is 5.32 Å². The molecular weight excluding hydrogens is 310 g/mol. The van der Waals surface area contributed by atoms with Gasteiger partial charge >= 0.3 is 0 Å². The van der Waals surface area contributed by atoms with Crippen LogP contribution in [0, 0.1) is 5.92 Å². The van der Waals surface area contributed by atoms with Crippen molar-refractivity contribution in [3.05, 3.63) is 10.6 Å². The maximum absolute atomic E-state index is 12.2. The lowest BCUT2D eigenvalue weighted by Crippen LogP contribution is -2.39. The summed E-state index contributed by atoms with van der Waals surface area (Å²) in [5, 5.41) is 2.91. The third-order valence-corrected chi connectivity index (χ3v) is 6.63. The van der Waals surface area contributed by atoms with Crippen LogP contribution in [0.15, 0.2) is 0 Å². The number of hydrogen-bond donors (Lipinski definition) is 1. The Morgan fingerprint density at radius 2 is 2.00 bits per heavy atom. The zero-order chi connectivity index (χ0) is 15.8. The third kappa shape index (κ3) is 3.44. The molecule has 1 amide bonds. The van der Waals surface area contributed by atoms with Crippen molar-refractivity contribution in [3.8, 4) is 0 Å². The zero-order valence-electron chi connectivity index (χ0n) is 12.7. The van der Waals surface area contributed by atoms with Crippen molar-refractivity contribution in [1.29, 1.82) is 0 Å².